The van der Waals surface area contributed by atoms with Crippen molar-refractivity contribution in [2.45, 2.75) is 42.9 Å². The van der Waals surface area contributed by atoms with Gasteiger partial charge in [-0.2, -0.15) is 13.2 Å². The van der Waals surface area contributed by atoms with E-state index in [1.165, 1.54) is 24.8 Å². The molecule has 0 fully saturated rings. The van der Waals surface area contributed by atoms with Crippen LogP contribution in [-0.2, 0) is 0 Å². The molecule has 1 nitrogen and oxygen atoms in total. The molecule has 2 rings (SSSR count). The van der Waals surface area contributed by atoms with Crippen LogP contribution in [0.5, 0.6) is 0 Å². The Morgan fingerprint density at radius 1 is 1.42 bits per heavy atom. The first-order chi connectivity index (χ1) is 8.87. The van der Waals surface area contributed by atoms with Crippen LogP contribution in [0.2, 0.25) is 0 Å². The van der Waals surface area contributed by atoms with E-state index < -0.39 is 18.6 Å². The van der Waals surface area contributed by atoms with Crippen LogP contribution in [0.3, 0.4) is 0 Å². The van der Waals surface area contributed by atoms with Crippen molar-refractivity contribution >= 4 is 11.8 Å². The summed E-state index contributed by atoms with van der Waals surface area (Å²) in [6.07, 6.45) is -4.34. The predicted molar refractivity (Wildman–Crippen MR) is 67.8 cm³/mol. The van der Waals surface area contributed by atoms with Gasteiger partial charge in [-0.05, 0) is 30.7 Å². The van der Waals surface area contributed by atoms with Crippen molar-refractivity contribution in [1.82, 2.24) is 5.32 Å². The summed E-state index contributed by atoms with van der Waals surface area (Å²) in [6.45, 7) is 1.51. The topological polar surface area (TPSA) is 12.0 Å². The minimum Gasteiger partial charge on any atom is -0.307 e. The van der Waals surface area contributed by atoms with Crippen LogP contribution in [0.1, 0.15) is 31.4 Å². The summed E-state index contributed by atoms with van der Waals surface area (Å²) in [5.41, 5.74) is 0.769. The molecule has 6 heteroatoms. The van der Waals surface area contributed by atoms with Crippen LogP contribution in [0.15, 0.2) is 23.1 Å². The highest BCUT2D eigenvalue weighted by atomic mass is 32.2. The van der Waals surface area contributed by atoms with Gasteiger partial charge in [0.15, 0.2) is 0 Å². The van der Waals surface area contributed by atoms with E-state index in [9.17, 15) is 17.6 Å². The summed E-state index contributed by atoms with van der Waals surface area (Å²) in [4.78, 5) is 0.561. The molecule has 1 N–H and O–H groups in total. The Balaban J connectivity index is 2.10. The third-order valence-corrected chi connectivity index (χ3v) is 4.21. The van der Waals surface area contributed by atoms with Gasteiger partial charge in [0, 0.05) is 17.0 Å². The molecule has 0 spiro atoms. The number of benzene rings is 1. The summed E-state index contributed by atoms with van der Waals surface area (Å²) in [7, 11) is 0. The van der Waals surface area contributed by atoms with E-state index in [-0.39, 0.29) is 11.9 Å². The van der Waals surface area contributed by atoms with Crippen LogP contribution < -0.4 is 5.32 Å². The molecule has 1 aromatic carbocycles. The quantitative estimate of drug-likeness (QED) is 0.834. The molecule has 1 heterocycles. The number of nitrogens with one attached hydrogen (secondary N) is 1. The molecule has 0 bridgehead atoms. The maximum absolute atomic E-state index is 13.6. The van der Waals surface area contributed by atoms with E-state index in [0.29, 0.717) is 17.1 Å². The second-order valence-electron chi connectivity index (χ2n) is 4.73. The minimum atomic E-state index is -4.18. The van der Waals surface area contributed by atoms with Gasteiger partial charge in [-0.15, -0.1) is 11.8 Å². The lowest BCUT2D eigenvalue weighted by Gasteiger charge is -2.29. The molecule has 0 saturated heterocycles. The van der Waals surface area contributed by atoms with Crippen molar-refractivity contribution in [3.63, 3.8) is 0 Å². The SMILES string of the molecule is CC(CC(F)(F)F)NC1CCSc2c(F)cccc21. The van der Waals surface area contributed by atoms with Crippen LogP contribution in [0.4, 0.5) is 17.6 Å². The molecular weight excluding hydrogens is 278 g/mol. The first-order valence-electron chi connectivity index (χ1n) is 6.11. The third kappa shape index (κ3) is 3.86. The molecule has 19 heavy (non-hydrogen) atoms. The largest absolute Gasteiger partial charge is 0.390 e. The maximum Gasteiger partial charge on any atom is 0.390 e. The highest BCUT2D eigenvalue weighted by molar-refractivity contribution is 7.99. The Morgan fingerprint density at radius 3 is 2.84 bits per heavy atom. The highest BCUT2D eigenvalue weighted by Crippen LogP contribution is 2.38. The van der Waals surface area contributed by atoms with Crippen molar-refractivity contribution < 1.29 is 17.6 Å². The minimum absolute atomic E-state index is 0.204. The van der Waals surface area contributed by atoms with Crippen molar-refractivity contribution in [1.29, 1.82) is 0 Å². The number of fused-ring (bicyclic) bond motifs is 1. The number of alkyl halides is 3. The molecule has 1 aliphatic rings. The zero-order valence-corrected chi connectivity index (χ0v) is 11.2. The van der Waals surface area contributed by atoms with E-state index >= 15 is 0 Å². The average molecular weight is 293 g/mol. The molecule has 106 valence electrons. The van der Waals surface area contributed by atoms with E-state index in [2.05, 4.69) is 5.32 Å². The van der Waals surface area contributed by atoms with Crippen LogP contribution in [0.25, 0.3) is 0 Å². The lowest BCUT2D eigenvalue weighted by Crippen LogP contribution is -2.35. The smallest absolute Gasteiger partial charge is 0.307 e. The standard InChI is InChI=1S/C13H15F4NS/c1-8(7-13(15,16)17)18-11-5-6-19-12-9(11)3-2-4-10(12)14/h2-4,8,11,18H,5-7H2,1H3. The Labute approximate surface area is 113 Å². The molecule has 0 amide bonds. The Morgan fingerprint density at radius 2 is 2.16 bits per heavy atom. The summed E-state index contributed by atoms with van der Waals surface area (Å²) in [6, 6.07) is 3.88. The number of hydrogen-bond acceptors (Lipinski definition) is 2. The summed E-state index contributed by atoms with van der Waals surface area (Å²) < 4.78 is 50.6. The second kappa shape index (κ2) is 5.71. The van der Waals surface area contributed by atoms with E-state index in [1.807, 2.05) is 0 Å². The molecule has 2 unspecified atom stereocenters. The van der Waals surface area contributed by atoms with E-state index in [4.69, 9.17) is 0 Å². The van der Waals surface area contributed by atoms with Crippen molar-refractivity contribution in [3.8, 4) is 0 Å². The number of hydrogen-bond donors (Lipinski definition) is 1. The van der Waals surface area contributed by atoms with Gasteiger partial charge in [-0.25, -0.2) is 4.39 Å². The first kappa shape index (κ1) is 14.7. The van der Waals surface area contributed by atoms with E-state index in [1.54, 1.807) is 12.1 Å². The zero-order chi connectivity index (χ0) is 14.0. The fraction of sp³-hybridized carbons (Fsp3) is 0.538. The van der Waals surface area contributed by atoms with Crippen molar-refractivity contribution in [2.75, 3.05) is 5.75 Å². The zero-order valence-electron chi connectivity index (χ0n) is 10.4. The molecule has 1 aromatic rings. The van der Waals surface area contributed by atoms with Crippen LogP contribution >= 0.6 is 11.8 Å². The maximum atomic E-state index is 13.6. The number of rotatable bonds is 3. The fourth-order valence-electron chi connectivity index (χ4n) is 2.31. The second-order valence-corrected chi connectivity index (χ2v) is 5.84. The number of halogens is 4. The van der Waals surface area contributed by atoms with Gasteiger partial charge < -0.3 is 5.32 Å². The molecule has 0 radical (unpaired) electrons. The van der Waals surface area contributed by atoms with Crippen molar-refractivity contribution in [3.05, 3.63) is 29.6 Å². The molecule has 2 atom stereocenters. The lowest BCUT2D eigenvalue weighted by molar-refractivity contribution is -0.139. The molecule has 1 aliphatic heterocycles. The summed E-state index contributed by atoms with van der Waals surface area (Å²) in [5, 5.41) is 2.96. The monoisotopic (exact) mass is 293 g/mol. The molecule has 0 aliphatic carbocycles. The van der Waals surface area contributed by atoms with Crippen LogP contribution in [0, 0.1) is 5.82 Å². The van der Waals surface area contributed by atoms with Gasteiger partial charge in [-0.1, -0.05) is 12.1 Å². The summed E-state index contributed by atoms with van der Waals surface area (Å²) >= 11 is 1.42. The van der Waals surface area contributed by atoms with Crippen molar-refractivity contribution in [2.24, 2.45) is 0 Å². The van der Waals surface area contributed by atoms with Gasteiger partial charge in [0.25, 0.3) is 0 Å². The van der Waals surface area contributed by atoms with Crippen LogP contribution in [-0.4, -0.2) is 18.0 Å². The lowest BCUT2D eigenvalue weighted by atomic mass is 10.0. The number of thioether (sulfide) groups is 1. The average Bonchev–Trinajstić information content (AvgIpc) is 2.28. The Hall–Kier alpha value is -0.750. The van der Waals surface area contributed by atoms with Gasteiger partial charge in [-0.3, -0.25) is 0 Å². The molecular formula is C13H15F4NS. The first-order valence-corrected chi connectivity index (χ1v) is 7.09. The van der Waals surface area contributed by atoms with Gasteiger partial charge >= 0.3 is 6.18 Å². The normalized spacial score (nSPS) is 21.0. The van der Waals surface area contributed by atoms with Gasteiger partial charge in [0.2, 0.25) is 0 Å². The third-order valence-electron chi connectivity index (χ3n) is 3.05. The fourth-order valence-corrected chi connectivity index (χ4v) is 3.45. The highest BCUT2D eigenvalue weighted by Gasteiger charge is 2.32. The molecule has 0 aromatic heterocycles. The van der Waals surface area contributed by atoms with Gasteiger partial charge in [0.1, 0.15) is 5.82 Å². The Kier molecular flexibility index (Phi) is 4.40. The van der Waals surface area contributed by atoms with E-state index in [0.717, 1.165) is 5.56 Å². The molecule has 0 saturated carbocycles. The summed E-state index contributed by atoms with van der Waals surface area (Å²) in [5.74, 6) is 0.419. The predicted octanol–water partition coefficient (Wildman–Crippen LogP) is 4.29. The van der Waals surface area contributed by atoms with Gasteiger partial charge in [0.05, 0.1) is 6.42 Å². The Bertz CT molecular complexity index is 447.